The maximum atomic E-state index is 6.39. The number of hydrogen-bond acceptors (Lipinski definition) is 2. The molecule has 1 aliphatic heterocycles. The molecule has 3 rings (SSSR count). The Morgan fingerprint density at radius 3 is 1.87 bits per heavy atom. The highest BCUT2D eigenvalue weighted by Crippen LogP contribution is 2.37. The summed E-state index contributed by atoms with van der Waals surface area (Å²) in [6.07, 6.45) is 0. The number of rotatable bonds is 2. The Morgan fingerprint density at radius 2 is 1.30 bits per heavy atom. The summed E-state index contributed by atoms with van der Waals surface area (Å²) in [6, 6.07) is 13.6. The third-order valence-corrected chi connectivity index (χ3v) is 5.28. The summed E-state index contributed by atoms with van der Waals surface area (Å²) in [5.41, 5.74) is 2.19. The lowest BCUT2D eigenvalue weighted by Crippen LogP contribution is -2.41. The van der Waals surface area contributed by atoms with Crippen molar-refractivity contribution in [2.75, 3.05) is 0 Å². The minimum Gasteiger partial charge on any atom is -0.399 e. The van der Waals surface area contributed by atoms with Gasteiger partial charge in [-0.3, -0.25) is 0 Å². The number of benzene rings is 2. The molecule has 0 atom stereocenters. The van der Waals surface area contributed by atoms with Gasteiger partial charge < -0.3 is 9.31 Å². The molecule has 2 nitrogen and oxygen atoms in total. The molecule has 0 bridgehead atoms. The predicted octanol–water partition coefficient (Wildman–Crippen LogP) is 4.96. The predicted molar refractivity (Wildman–Crippen MR) is 97.6 cm³/mol. The molecule has 2 aromatic rings. The molecular formula is C18H19BCl2O2. The first kappa shape index (κ1) is 16.8. The van der Waals surface area contributed by atoms with Crippen molar-refractivity contribution >= 4 is 35.8 Å². The third kappa shape index (κ3) is 3.16. The highest BCUT2D eigenvalue weighted by atomic mass is 35.5. The molecule has 0 aromatic heterocycles. The molecule has 0 unspecified atom stereocenters. The van der Waals surface area contributed by atoms with Crippen LogP contribution in [0.4, 0.5) is 0 Å². The van der Waals surface area contributed by atoms with Gasteiger partial charge >= 0.3 is 7.12 Å². The molecule has 0 aliphatic carbocycles. The van der Waals surface area contributed by atoms with Crippen molar-refractivity contribution in [3.63, 3.8) is 0 Å². The van der Waals surface area contributed by atoms with Crippen LogP contribution in [0.3, 0.4) is 0 Å². The van der Waals surface area contributed by atoms with Gasteiger partial charge in [-0.1, -0.05) is 47.5 Å². The first-order chi connectivity index (χ1) is 10.7. The maximum Gasteiger partial charge on any atom is 0.496 e. The van der Waals surface area contributed by atoms with E-state index in [-0.39, 0.29) is 0 Å². The van der Waals surface area contributed by atoms with E-state index in [2.05, 4.69) is 0 Å². The van der Waals surface area contributed by atoms with Gasteiger partial charge in [0.05, 0.1) is 11.2 Å². The molecular weight excluding hydrogens is 330 g/mol. The quantitative estimate of drug-likeness (QED) is 0.714. The lowest BCUT2D eigenvalue weighted by molar-refractivity contribution is 0.00578. The first-order valence-electron chi connectivity index (χ1n) is 7.61. The Balaban J connectivity index is 1.98. The molecule has 1 heterocycles. The first-order valence-corrected chi connectivity index (χ1v) is 8.36. The Hall–Kier alpha value is -0.995. The van der Waals surface area contributed by atoms with Crippen molar-refractivity contribution in [2.24, 2.45) is 0 Å². The number of halogens is 2. The molecule has 1 saturated heterocycles. The molecule has 0 amide bonds. The van der Waals surface area contributed by atoms with Crippen LogP contribution in [-0.4, -0.2) is 18.3 Å². The standard InChI is InChI=1S/C18H19BCl2O2/c1-17(2)18(3,4)23-19(22-17)15-11-13(7-10-16(15)21)12-5-8-14(20)9-6-12/h5-11H,1-4H3. The van der Waals surface area contributed by atoms with Gasteiger partial charge in [-0.2, -0.15) is 0 Å². The summed E-state index contributed by atoms with van der Waals surface area (Å²) < 4.78 is 12.2. The van der Waals surface area contributed by atoms with Crippen molar-refractivity contribution in [1.82, 2.24) is 0 Å². The summed E-state index contributed by atoms with van der Waals surface area (Å²) in [4.78, 5) is 0. The van der Waals surface area contributed by atoms with Crippen LogP contribution in [-0.2, 0) is 9.31 Å². The SMILES string of the molecule is CC1(C)OB(c2cc(-c3ccc(Cl)cc3)ccc2Cl)OC1(C)C. The smallest absolute Gasteiger partial charge is 0.399 e. The largest absolute Gasteiger partial charge is 0.496 e. The molecule has 0 radical (unpaired) electrons. The van der Waals surface area contributed by atoms with Gasteiger partial charge in [0.25, 0.3) is 0 Å². The molecule has 0 N–H and O–H groups in total. The van der Waals surface area contributed by atoms with Crippen LogP contribution in [0.15, 0.2) is 42.5 Å². The number of hydrogen-bond donors (Lipinski definition) is 0. The van der Waals surface area contributed by atoms with Gasteiger partial charge in [-0.05, 0) is 57.0 Å². The molecule has 23 heavy (non-hydrogen) atoms. The van der Waals surface area contributed by atoms with Gasteiger partial charge in [0, 0.05) is 15.5 Å². The van der Waals surface area contributed by atoms with Crippen LogP contribution in [0, 0.1) is 0 Å². The highest BCUT2D eigenvalue weighted by Gasteiger charge is 2.52. The molecule has 120 valence electrons. The van der Waals surface area contributed by atoms with Crippen LogP contribution in [0.5, 0.6) is 0 Å². The van der Waals surface area contributed by atoms with E-state index in [4.69, 9.17) is 32.5 Å². The zero-order valence-corrected chi connectivity index (χ0v) is 15.2. The molecule has 2 aromatic carbocycles. The normalized spacial score (nSPS) is 19.1. The average molecular weight is 349 g/mol. The Morgan fingerprint density at radius 1 is 0.783 bits per heavy atom. The maximum absolute atomic E-state index is 6.39. The second-order valence-electron chi connectivity index (χ2n) is 6.83. The Bertz CT molecular complexity index is 710. The second-order valence-corrected chi connectivity index (χ2v) is 7.68. The molecule has 0 spiro atoms. The van der Waals surface area contributed by atoms with Crippen molar-refractivity contribution in [2.45, 2.75) is 38.9 Å². The fraction of sp³-hybridized carbons (Fsp3) is 0.333. The van der Waals surface area contributed by atoms with Gasteiger partial charge in [0.1, 0.15) is 0 Å². The van der Waals surface area contributed by atoms with E-state index < -0.39 is 18.3 Å². The van der Waals surface area contributed by atoms with Crippen LogP contribution >= 0.6 is 23.2 Å². The molecule has 1 fully saturated rings. The van der Waals surface area contributed by atoms with Gasteiger partial charge in [-0.25, -0.2) is 0 Å². The zero-order valence-electron chi connectivity index (χ0n) is 13.7. The van der Waals surface area contributed by atoms with E-state index in [0.717, 1.165) is 16.6 Å². The Kier molecular flexibility index (Phi) is 4.26. The van der Waals surface area contributed by atoms with E-state index in [9.17, 15) is 0 Å². The summed E-state index contributed by atoms with van der Waals surface area (Å²) in [5, 5.41) is 1.36. The van der Waals surface area contributed by atoms with Gasteiger partial charge in [0.15, 0.2) is 0 Å². The lowest BCUT2D eigenvalue weighted by Gasteiger charge is -2.32. The van der Waals surface area contributed by atoms with E-state index in [1.54, 1.807) is 0 Å². The summed E-state index contributed by atoms with van der Waals surface area (Å²) in [5.74, 6) is 0. The summed E-state index contributed by atoms with van der Waals surface area (Å²) >= 11 is 12.4. The van der Waals surface area contributed by atoms with Gasteiger partial charge in [-0.15, -0.1) is 0 Å². The van der Waals surface area contributed by atoms with Crippen molar-refractivity contribution in [3.05, 3.63) is 52.5 Å². The van der Waals surface area contributed by atoms with Gasteiger partial charge in [0.2, 0.25) is 0 Å². The van der Waals surface area contributed by atoms with E-state index in [0.29, 0.717) is 10.0 Å². The minimum absolute atomic E-state index is 0.392. The second kappa shape index (κ2) is 5.82. The monoisotopic (exact) mass is 348 g/mol. The van der Waals surface area contributed by atoms with E-state index in [1.165, 1.54) is 0 Å². The third-order valence-electron chi connectivity index (χ3n) is 4.68. The van der Waals surface area contributed by atoms with Crippen LogP contribution < -0.4 is 5.46 Å². The van der Waals surface area contributed by atoms with Crippen LogP contribution in [0.1, 0.15) is 27.7 Å². The van der Waals surface area contributed by atoms with Crippen molar-refractivity contribution in [1.29, 1.82) is 0 Å². The molecule has 1 aliphatic rings. The lowest BCUT2D eigenvalue weighted by atomic mass is 9.78. The van der Waals surface area contributed by atoms with Crippen LogP contribution in [0.2, 0.25) is 10.0 Å². The molecule has 5 heteroatoms. The minimum atomic E-state index is -0.472. The van der Waals surface area contributed by atoms with Crippen molar-refractivity contribution < 1.29 is 9.31 Å². The summed E-state index contributed by atoms with van der Waals surface area (Å²) in [6.45, 7) is 8.13. The Labute approximate surface area is 147 Å². The fourth-order valence-corrected chi connectivity index (χ4v) is 2.85. The van der Waals surface area contributed by atoms with E-state index in [1.807, 2.05) is 70.2 Å². The highest BCUT2D eigenvalue weighted by molar-refractivity contribution is 6.65. The van der Waals surface area contributed by atoms with E-state index >= 15 is 0 Å². The molecule has 0 saturated carbocycles. The topological polar surface area (TPSA) is 18.5 Å². The van der Waals surface area contributed by atoms with Crippen molar-refractivity contribution in [3.8, 4) is 11.1 Å². The fourth-order valence-electron chi connectivity index (χ4n) is 2.52. The average Bonchev–Trinajstić information content (AvgIpc) is 2.69. The summed E-state index contributed by atoms with van der Waals surface area (Å²) in [7, 11) is -0.472. The van der Waals surface area contributed by atoms with Crippen LogP contribution in [0.25, 0.3) is 11.1 Å². The zero-order chi connectivity index (χ0) is 16.8.